The highest BCUT2D eigenvalue weighted by atomic mass is 16.5. The Balaban J connectivity index is 1.76. The SMILES string of the molecule is O=[C]COCCOCCNC(=O)COCCOCCNC(=O)COCCOCCNC(=O)COCCOCCNC(=O)CCCCCCCCCOc1ccc(C(=O)O)cc1. The van der Waals surface area contributed by atoms with Gasteiger partial charge in [0.25, 0.3) is 0 Å². The van der Waals surface area contributed by atoms with Crippen LogP contribution in [0.1, 0.15) is 61.7 Å². The molecular weight excluding hydrogens is 804 g/mol. The van der Waals surface area contributed by atoms with Gasteiger partial charge in [0.05, 0.1) is 91.5 Å². The van der Waals surface area contributed by atoms with Crippen molar-refractivity contribution >= 4 is 35.9 Å². The number of rotatable bonds is 44. The number of aromatic carboxylic acids is 1. The van der Waals surface area contributed by atoms with E-state index in [1.807, 2.05) is 0 Å². The minimum absolute atomic E-state index is 0.000890. The third-order valence-electron chi connectivity index (χ3n) is 8.04. The first-order valence-electron chi connectivity index (χ1n) is 20.8. The summed E-state index contributed by atoms with van der Waals surface area (Å²) in [6.45, 7) is 4.70. The van der Waals surface area contributed by atoms with Gasteiger partial charge in [-0.2, -0.15) is 0 Å². The number of ether oxygens (including phenoxy) is 9. The number of amides is 4. The lowest BCUT2D eigenvalue weighted by atomic mass is 10.1. The molecule has 20 heteroatoms. The van der Waals surface area contributed by atoms with E-state index in [4.69, 9.17) is 47.7 Å². The van der Waals surface area contributed by atoms with Crippen molar-refractivity contribution in [1.29, 1.82) is 0 Å². The molecule has 4 amide bonds. The van der Waals surface area contributed by atoms with Gasteiger partial charge in [0.2, 0.25) is 29.9 Å². The maximum Gasteiger partial charge on any atom is 0.335 e. The van der Waals surface area contributed by atoms with E-state index in [1.54, 1.807) is 18.4 Å². The van der Waals surface area contributed by atoms with Crippen molar-refractivity contribution in [3.8, 4) is 5.75 Å². The molecule has 0 saturated heterocycles. The molecule has 347 valence electrons. The summed E-state index contributed by atoms with van der Waals surface area (Å²) in [6, 6.07) is 6.40. The lowest BCUT2D eigenvalue weighted by Gasteiger charge is -2.09. The Bertz CT molecular complexity index is 1290. The zero-order chi connectivity index (χ0) is 44.3. The predicted octanol–water partition coefficient (Wildman–Crippen LogP) is 0.592. The molecule has 0 aliphatic heterocycles. The van der Waals surface area contributed by atoms with Crippen molar-refractivity contribution in [2.24, 2.45) is 0 Å². The first-order chi connectivity index (χ1) is 29.8. The second kappa shape index (κ2) is 41.1. The molecule has 0 spiro atoms. The molecule has 5 N–H and O–H groups in total. The third-order valence-corrected chi connectivity index (χ3v) is 8.04. The van der Waals surface area contributed by atoms with Gasteiger partial charge in [-0.3, -0.25) is 24.0 Å². The number of carbonyl (C=O) groups excluding carboxylic acids is 5. The van der Waals surface area contributed by atoms with E-state index in [9.17, 15) is 28.8 Å². The number of hydrogen-bond donors (Lipinski definition) is 5. The van der Waals surface area contributed by atoms with Gasteiger partial charge in [-0.1, -0.05) is 32.1 Å². The predicted molar refractivity (Wildman–Crippen MR) is 220 cm³/mol. The van der Waals surface area contributed by atoms with Gasteiger partial charge in [0.15, 0.2) is 0 Å². The number of hydrogen-bond acceptors (Lipinski definition) is 15. The van der Waals surface area contributed by atoms with Gasteiger partial charge in [-0.05, 0) is 37.1 Å². The summed E-state index contributed by atoms with van der Waals surface area (Å²) in [4.78, 5) is 68.3. The van der Waals surface area contributed by atoms with Gasteiger partial charge in [0, 0.05) is 32.6 Å². The second-order valence-corrected chi connectivity index (χ2v) is 13.1. The maximum atomic E-state index is 12.0. The summed E-state index contributed by atoms with van der Waals surface area (Å²) in [5, 5.41) is 19.7. The van der Waals surface area contributed by atoms with Gasteiger partial charge in [0.1, 0.15) is 32.2 Å². The monoisotopic (exact) mass is 871 g/mol. The number of carbonyl (C=O) groups is 5. The van der Waals surface area contributed by atoms with E-state index >= 15 is 0 Å². The summed E-state index contributed by atoms with van der Waals surface area (Å²) < 4.78 is 47.7. The number of carboxylic acids is 1. The Kier molecular flexibility index (Phi) is 36.9. The molecular formula is C41H67N4O16. The zero-order valence-electron chi connectivity index (χ0n) is 35.4. The molecule has 1 aromatic rings. The fourth-order valence-corrected chi connectivity index (χ4v) is 4.94. The lowest BCUT2D eigenvalue weighted by molar-refractivity contribution is -0.128. The molecule has 20 nitrogen and oxygen atoms in total. The summed E-state index contributed by atoms with van der Waals surface area (Å²) in [7, 11) is 0. The molecule has 1 radical (unpaired) electrons. The lowest BCUT2D eigenvalue weighted by Crippen LogP contribution is -2.32. The minimum atomic E-state index is -0.955. The van der Waals surface area contributed by atoms with Crippen LogP contribution in [0.15, 0.2) is 24.3 Å². The van der Waals surface area contributed by atoms with Crippen LogP contribution in [0.25, 0.3) is 0 Å². The van der Waals surface area contributed by atoms with E-state index in [0.29, 0.717) is 64.8 Å². The zero-order valence-corrected chi connectivity index (χ0v) is 35.4. The van der Waals surface area contributed by atoms with E-state index < -0.39 is 5.97 Å². The van der Waals surface area contributed by atoms with E-state index in [2.05, 4.69) is 21.3 Å². The summed E-state index contributed by atoms with van der Waals surface area (Å²) in [5.41, 5.74) is 0.239. The van der Waals surface area contributed by atoms with Crippen molar-refractivity contribution in [3.05, 3.63) is 29.8 Å². The fourth-order valence-electron chi connectivity index (χ4n) is 4.94. The van der Waals surface area contributed by atoms with E-state index in [0.717, 1.165) is 44.9 Å². The van der Waals surface area contributed by atoms with Crippen LogP contribution in [0.5, 0.6) is 5.75 Å². The fraction of sp³-hybridized carbons (Fsp3) is 0.707. The molecule has 0 bridgehead atoms. The minimum Gasteiger partial charge on any atom is -0.494 e. The Labute approximate surface area is 358 Å². The second-order valence-electron chi connectivity index (χ2n) is 13.1. The van der Waals surface area contributed by atoms with Crippen LogP contribution >= 0.6 is 0 Å². The van der Waals surface area contributed by atoms with Gasteiger partial charge < -0.3 is 69.0 Å². The van der Waals surface area contributed by atoms with Crippen LogP contribution < -0.4 is 26.0 Å². The molecule has 0 unspecified atom stereocenters. The summed E-state index contributed by atoms with van der Waals surface area (Å²) in [6.07, 6.45) is 9.21. The molecule has 0 heterocycles. The molecule has 0 aromatic heterocycles. The first-order valence-corrected chi connectivity index (χ1v) is 20.8. The van der Waals surface area contributed by atoms with Gasteiger partial charge in [-0.25, -0.2) is 4.79 Å². The topological polar surface area (TPSA) is 254 Å². The molecule has 0 fully saturated rings. The Morgan fingerprint density at radius 1 is 0.443 bits per heavy atom. The van der Waals surface area contributed by atoms with Crippen LogP contribution in [0.3, 0.4) is 0 Å². The Morgan fingerprint density at radius 2 is 0.820 bits per heavy atom. The average Bonchev–Trinajstić information content (AvgIpc) is 3.25. The molecule has 0 aliphatic rings. The van der Waals surface area contributed by atoms with Crippen LogP contribution in [0, 0.1) is 0 Å². The van der Waals surface area contributed by atoms with Crippen molar-refractivity contribution < 1.29 is 76.5 Å². The van der Waals surface area contributed by atoms with Crippen LogP contribution in [-0.4, -0.2) is 179 Å². The summed E-state index contributed by atoms with van der Waals surface area (Å²) in [5.74, 6) is -1.16. The number of benzene rings is 1. The van der Waals surface area contributed by atoms with Gasteiger partial charge >= 0.3 is 5.97 Å². The van der Waals surface area contributed by atoms with Crippen LogP contribution in [0.2, 0.25) is 0 Å². The van der Waals surface area contributed by atoms with Crippen LogP contribution in [-0.2, 0) is 61.9 Å². The molecule has 0 aliphatic carbocycles. The smallest absolute Gasteiger partial charge is 0.335 e. The number of unbranched alkanes of at least 4 members (excludes halogenated alkanes) is 6. The molecule has 0 atom stereocenters. The van der Waals surface area contributed by atoms with E-state index in [1.165, 1.54) is 12.1 Å². The first kappa shape index (κ1) is 54.7. The Hall–Kier alpha value is -4.28. The highest BCUT2D eigenvalue weighted by Crippen LogP contribution is 2.14. The number of carboxylic acid groups (broad SMARTS) is 1. The molecule has 1 aromatic carbocycles. The third kappa shape index (κ3) is 37.2. The molecule has 61 heavy (non-hydrogen) atoms. The van der Waals surface area contributed by atoms with E-state index in [-0.39, 0.29) is 115 Å². The largest absolute Gasteiger partial charge is 0.494 e. The van der Waals surface area contributed by atoms with Crippen molar-refractivity contribution in [2.75, 3.05) is 138 Å². The average molecular weight is 872 g/mol. The Morgan fingerprint density at radius 3 is 1.25 bits per heavy atom. The highest BCUT2D eigenvalue weighted by Gasteiger charge is 2.06. The van der Waals surface area contributed by atoms with Crippen molar-refractivity contribution in [2.45, 2.75) is 51.4 Å². The molecule has 0 saturated carbocycles. The molecule has 1 rings (SSSR count). The summed E-state index contributed by atoms with van der Waals surface area (Å²) >= 11 is 0. The van der Waals surface area contributed by atoms with Crippen molar-refractivity contribution in [3.63, 3.8) is 0 Å². The standard InChI is InChI=1S/C41H67N4O16/c46-17-23-57-25-24-53-20-14-43-38(48)32-59-30-27-55-22-16-45-40(50)34-60-31-28-56-21-15-44-39(49)33-58-29-26-54-19-13-42-37(47)8-6-4-2-1-3-5-7-18-61-36-11-9-35(10-12-36)41(51)52/h9-12H,1-8,13-16,18-34H2,(H,42,47)(H,43,48)(H,44,49)(H,45,50)(H,51,52). The normalized spacial score (nSPS) is 10.9. The maximum absolute atomic E-state index is 12.0. The highest BCUT2D eigenvalue weighted by molar-refractivity contribution is 5.87. The van der Waals surface area contributed by atoms with Crippen LogP contribution in [0.4, 0.5) is 0 Å². The quantitative estimate of drug-likeness (QED) is 0.0563. The number of nitrogens with one attached hydrogen (secondary N) is 4. The van der Waals surface area contributed by atoms with Gasteiger partial charge in [-0.15, -0.1) is 0 Å². The van der Waals surface area contributed by atoms with Crippen molar-refractivity contribution in [1.82, 2.24) is 21.3 Å².